The van der Waals surface area contributed by atoms with Crippen molar-refractivity contribution in [3.05, 3.63) is 28.8 Å². The van der Waals surface area contributed by atoms with Gasteiger partial charge in [-0.25, -0.2) is 0 Å². The van der Waals surface area contributed by atoms with E-state index in [2.05, 4.69) is 5.32 Å². The Morgan fingerprint density at radius 3 is 2.57 bits per heavy atom. The highest BCUT2D eigenvalue weighted by molar-refractivity contribution is 6.31. The predicted molar refractivity (Wildman–Crippen MR) is 50.1 cm³/mol. The number of aromatic carboxylic acids is 1. The number of halogens is 1. The molecule has 0 aliphatic rings. The highest BCUT2D eigenvalue weighted by atomic mass is 35.5. The molecule has 14 heavy (non-hydrogen) atoms. The standard InChI is InChI=1S/C9H8ClNO3/c1-5(12)11-8-3-2-6(10)4-7(8)9(13)14/h2-4H,1H3,(H,11,12)(H,13,14)/p-1. The molecular formula is C9H7ClNO3-. The van der Waals surface area contributed by atoms with Crippen LogP contribution in [0.2, 0.25) is 5.02 Å². The molecule has 0 fully saturated rings. The van der Waals surface area contributed by atoms with E-state index in [1.807, 2.05) is 0 Å². The minimum atomic E-state index is -1.38. The van der Waals surface area contributed by atoms with Crippen molar-refractivity contribution in [2.24, 2.45) is 0 Å². The molecule has 0 aliphatic heterocycles. The van der Waals surface area contributed by atoms with Crippen molar-refractivity contribution in [3.8, 4) is 0 Å². The summed E-state index contributed by atoms with van der Waals surface area (Å²) in [4.78, 5) is 21.3. The number of anilines is 1. The first-order valence-corrected chi connectivity index (χ1v) is 4.17. The van der Waals surface area contributed by atoms with Gasteiger partial charge < -0.3 is 15.2 Å². The van der Waals surface area contributed by atoms with Gasteiger partial charge in [0.15, 0.2) is 0 Å². The number of nitrogens with one attached hydrogen (secondary N) is 1. The van der Waals surface area contributed by atoms with E-state index in [1.165, 1.54) is 25.1 Å². The summed E-state index contributed by atoms with van der Waals surface area (Å²) in [5.41, 5.74) is 0.0506. The number of amides is 1. The number of carboxylic acid groups (broad SMARTS) is 1. The lowest BCUT2D eigenvalue weighted by atomic mass is 10.2. The van der Waals surface area contributed by atoms with Gasteiger partial charge in [0, 0.05) is 23.2 Å². The summed E-state index contributed by atoms with van der Waals surface area (Å²) in [7, 11) is 0. The number of rotatable bonds is 2. The van der Waals surface area contributed by atoms with Crippen molar-refractivity contribution in [2.75, 3.05) is 5.32 Å². The molecule has 0 unspecified atom stereocenters. The average Bonchev–Trinajstić information content (AvgIpc) is 2.07. The molecular weight excluding hydrogens is 206 g/mol. The number of benzene rings is 1. The van der Waals surface area contributed by atoms with Crippen LogP contribution in [0.5, 0.6) is 0 Å². The molecule has 0 saturated heterocycles. The minimum absolute atomic E-state index is 0.132. The van der Waals surface area contributed by atoms with Gasteiger partial charge in [0.25, 0.3) is 0 Å². The Hall–Kier alpha value is -1.55. The molecule has 1 amide bonds. The van der Waals surface area contributed by atoms with Gasteiger partial charge in [0.1, 0.15) is 0 Å². The Morgan fingerprint density at radius 2 is 2.07 bits per heavy atom. The molecule has 0 aromatic heterocycles. The van der Waals surface area contributed by atoms with Crippen LogP contribution in [0.4, 0.5) is 5.69 Å². The molecule has 1 N–H and O–H groups in total. The van der Waals surface area contributed by atoms with E-state index < -0.39 is 5.97 Å². The normalized spacial score (nSPS) is 9.57. The van der Waals surface area contributed by atoms with Crippen LogP contribution in [0.15, 0.2) is 18.2 Å². The Bertz CT molecular complexity index is 390. The molecule has 0 radical (unpaired) electrons. The van der Waals surface area contributed by atoms with Gasteiger partial charge in [-0.1, -0.05) is 11.6 Å². The van der Waals surface area contributed by atoms with Gasteiger partial charge in [-0.05, 0) is 18.2 Å². The zero-order valence-corrected chi connectivity index (χ0v) is 8.09. The SMILES string of the molecule is CC(=O)Nc1ccc(Cl)cc1C(=O)[O-]. The minimum Gasteiger partial charge on any atom is -0.545 e. The van der Waals surface area contributed by atoms with Gasteiger partial charge in [0.05, 0.1) is 5.97 Å². The van der Waals surface area contributed by atoms with Crippen LogP contribution >= 0.6 is 11.6 Å². The molecule has 1 rings (SSSR count). The van der Waals surface area contributed by atoms with Gasteiger partial charge in [0.2, 0.25) is 5.91 Å². The van der Waals surface area contributed by atoms with Crippen LogP contribution in [0.3, 0.4) is 0 Å². The van der Waals surface area contributed by atoms with Crippen molar-refractivity contribution in [1.29, 1.82) is 0 Å². The Kier molecular flexibility index (Phi) is 3.09. The van der Waals surface area contributed by atoms with E-state index in [-0.39, 0.29) is 22.2 Å². The fraction of sp³-hybridized carbons (Fsp3) is 0.111. The Morgan fingerprint density at radius 1 is 1.43 bits per heavy atom. The average molecular weight is 213 g/mol. The predicted octanol–water partition coefficient (Wildman–Crippen LogP) is 0.662. The molecule has 0 heterocycles. The van der Waals surface area contributed by atoms with Crippen molar-refractivity contribution in [1.82, 2.24) is 0 Å². The molecule has 0 saturated carbocycles. The van der Waals surface area contributed by atoms with Gasteiger partial charge in [-0.3, -0.25) is 4.79 Å². The first-order chi connectivity index (χ1) is 6.50. The molecule has 0 spiro atoms. The number of hydrogen-bond donors (Lipinski definition) is 1. The Balaban J connectivity index is 3.14. The highest BCUT2D eigenvalue weighted by Crippen LogP contribution is 2.19. The topological polar surface area (TPSA) is 69.2 Å². The van der Waals surface area contributed by atoms with Crippen LogP contribution in [-0.4, -0.2) is 11.9 Å². The van der Waals surface area contributed by atoms with E-state index in [0.29, 0.717) is 0 Å². The fourth-order valence-electron chi connectivity index (χ4n) is 0.984. The largest absolute Gasteiger partial charge is 0.545 e. The molecule has 0 atom stereocenters. The second kappa shape index (κ2) is 4.11. The summed E-state index contributed by atoms with van der Waals surface area (Å²) < 4.78 is 0. The monoisotopic (exact) mass is 212 g/mol. The third kappa shape index (κ3) is 2.47. The fourth-order valence-corrected chi connectivity index (χ4v) is 1.16. The number of carbonyl (C=O) groups excluding carboxylic acids is 2. The molecule has 74 valence electrons. The van der Waals surface area contributed by atoms with Crippen LogP contribution in [0, 0.1) is 0 Å². The van der Waals surface area contributed by atoms with E-state index in [4.69, 9.17) is 11.6 Å². The van der Waals surface area contributed by atoms with E-state index in [1.54, 1.807) is 0 Å². The van der Waals surface area contributed by atoms with E-state index >= 15 is 0 Å². The lowest BCUT2D eigenvalue weighted by molar-refractivity contribution is -0.254. The van der Waals surface area contributed by atoms with Gasteiger partial charge >= 0.3 is 0 Å². The second-order valence-corrected chi connectivity index (χ2v) is 3.09. The molecule has 0 bridgehead atoms. The smallest absolute Gasteiger partial charge is 0.221 e. The summed E-state index contributed by atoms with van der Waals surface area (Å²) in [5, 5.41) is 13.3. The maximum atomic E-state index is 10.7. The quantitative estimate of drug-likeness (QED) is 0.783. The third-order valence-corrected chi connectivity index (χ3v) is 1.75. The van der Waals surface area contributed by atoms with E-state index in [9.17, 15) is 14.7 Å². The van der Waals surface area contributed by atoms with Crippen molar-refractivity contribution < 1.29 is 14.7 Å². The van der Waals surface area contributed by atoms with Crippen molar-refractivity contribution in [3.63, 3.8) is 0 Å². The Labute approximate surface area is 85.5 Å². The lowest BCUT2D eigenvalue weighted by Crippen LogP contribution is -2.24. The van der Waals surface area contributed by atoms with Crippen LogP contribution in [0.1, 0.15) is 17.3 Å². The summed E-state index contributed by atoms with van der Waals surface area (Å²) in [6.45, 7) is 1.29. The molecule has 1 aromatic carbocycles. The number of hydrogen-bond acceptors (Lipinski definition) is 3. The maximum Gasteiger partial charge on any atom is 0.221 e. The first-order valence-electron chi connectivity index (χ1n) is 3.79. The number of carbonyl (C=O) groups is 2. The maximum absolute atomic E-state index is 10.7. The van der Waals surface area contributed by atoms with Crippen LogP contribution in [-0.2, 0) is 4.79 Å². The number of carboxylic acids is 1. The van der Waals surface area contributed by atoms with E-state index in [0.717, 1.165) is 0 Å². The van der Waals surface area contributed by atoms with Crippen molar-refractivity contribution in [2.45, 2.75) is 6.92 Å². The van der Waals surface area contributed by atoms with Crippen LogP contribution < -0.4 is 10.4 Å². The zero-order valence-electron chi connectivity index (χ0n) is 7.33. The first kappa shape index (κ1) is 10.5. The van der Waals surface area contributed by atoms with Crippen LogP contribution in [0.25, 0.3) is 0 Å². The third-order valence-electron chi connectivity index (χ3n) is 1.51. The van der Waals surface area contributed by atoms with Crippen molar-refractivity contribution >= 4 is 29.2 Å². The molecule has 1 aromatic rings. The lowest BCUT2D eigenvalue weighted by Gasteiger charge is -2.10. The van der Waals surface area contributed by atoms with Gasteiger partial charge in [-0.15, -0.1) is 0 Å². The molecule has 5 heteroatoms. The van der Waals surface area contributed by atoms with Gasteiger partial charge in [-0.2, -0.15) is 0 Å². The highest BCUT2D eigenvalue weighted by Gasteiger charge is 2.05. The summed E-state index contributed by atoms with van der Waals surface area (Å²) >= 11 is 5.59. The summed E-state index contributed by atoms with van der Waals surface area (Å²) in [5.74, 6) is -1.73. The second-order valence-electron chi connectivity index (χ2n) is 2.66. The summed E-state index contributed by atoms with van der Waals surface area (Å²) in [6.07, 6.45) is 0. The summed E-state index contributed by atoms with van der Waals surface area (Å²) in [6, 6.07) is 4.12. The molecule has 0 aliphatic carbocycles. The molecule has 4 nitrogen and oxygen atoms in total. The zero-order chi connectivity index (χ0) is 10.7.